The van der Waals surface area contributed by atoms with Crippen molar-refractivity contribution < 1.29 is 41.1 Å². The average molecular weight is 596 g/mol. The molecule has 11 nitrogen and oxygen atoms in total. The van der Waals surface area contributed by atoms with Crippen LogP contribution in [0.5, 0.6) is 0 Å². The number of hydrogen-bond donors (Lipinski definition) is 2. The number of nitrogens with two attached hydrogens (primary N) is 1. The van der Waals surface area contributed by atoms with Crippen molar-refractivity contribution in [1.29, 1.82) is 0 Å². The van der Waals surface area contributed by atoms with Crippen molar-refractivity contribution >= 4 is 35.4 Å². The third-order valence-electron chi connectivity index (χ3n) is 6.68. The lowest BCUT2D eigenvalue weighted by molar-refractivity contribution is -0.245. The van der Waals surface area contributed by atoms with Crippen LogP contribution in [0.3, 0.4) is 0 Å². The maximum absolute atomic E-state index is 13.1. The number of nitrogens with zero attached hydrogens (tertiary/aromatic N) is 5. The molecule has 0 saturated carbocycles. The van der Waals surface area contributed by atoms with Crippen LogP contribution in [-0.4, -0.2) is 101 Å². The number of alkyl halides is 5. The minimum absolute atomic E-state index is 0.0214. The molecule has 17 heteroatoms. The number of carbonyl (C=O) groups is 2. The molecular formula is C23H27ClF5N7O4. The number of halogens is 6. The molecule has 3 heterocycles. The smallest absolute Gasteiger partial charge is 0.368 e. The van der Waals surface area contributed by atoms with Crippen LogP contribution in [0, 0.1) is 0 Å². The Morgan fingerprint density at radius 2 is 1.90 bits per heavy atom. The minimum atomic E-state index is -5.48. The van der Waals surface area contributed by atoms with Gasteiger partial charge in [0, 0.05) is 36.7 Å². The molecule has 1 aromatic heterocycles. The van der Waals surface area contributed by atoms with Crippen LogP contribution in [0.25, 0.3) is 0 Å². The zero-order valence-electron chi connectivity index (χ0n) is 21.0. The molecule has 1 amide bonds. The minimum Gasteiger partial charge on any atom is -0.368 e. The molecule has 0 bridgehead atoms. The topological polar surface area (TPSA) is 130 Å². The first-order valence-corrected chi connectivity index (χ1v) is 12.7. The Balaban J connectivity index is 1.50. The Labute approximate surface area is 230 Å². The van der Waals surface area contributed by atoms with E-state index >= 15 is 0 Å². The Bertz CT molecular complexity index is 1160. The van der Waals surface area contributed by atoms with Gasteiger partial charge < -0.3 is 20.2 Å². The van der Waals surface area contributed by atoms with E-state index in [0.29, 0.717) is 43.3 Å². The quantitative estimate of drug-likeness (QED) is 0.366. The largest absolute Gasteiger partial charge is 0.493 e. The molecule has 220 valence electrons. The number of rotatable bonds is 7. The molecule has 0 spiro atoms. The zero-order chi connectivity index (χ0) is 29.0. The van der Waals surface area contributed by atoms with Gasteiger partial charge in [-0.1, -0.05) is 23.7 Å². The number of carbonyl (C=O) groups excluding carboxylic acids is 2. The summed E-state index contributed by atoms with van der Waals surface area (Å²) in [5, 5.41) is 6.93. The molecule has 40 heavy (non-hydrogen) atoms. The summed E-state index contributed by atoms with van der Waals surface area (Å²) in [6.07, 6.45) is -8.46. The summed E-state index contributed by atoms with van der Waals surface area (Å²) in [6, 6.07) is 6.81. The van der Waals surface area contributed by atoms with Gasteiger partial charge >= 0.3 is 12.1 Å². The molecule has 1 aromatic carbocycles. The van der Waals surface area contributed by atoms with Gasteiger partial charge in [0.2, 0.25) is 11.9 Å². The third-order valence-corrected chi connectivity index (χ3v) is 6.93. The highest BCUT2D eigenvalue weighted by atomic mass is 35.5. The molecule has 0 aliphatic carbocycles. The molecule has 2 atom stereocenters. The fourth-order valence-electron chi connectivity index (χ4n) is 4.80. The summed E-state index contributed by atoms with van der Waals surface area (Å²) >= 11 is 5.99. The fraction of sp³-hybridized carbons (Fsp3) is 0.565. The molecule has 2 fully saturated rings. The highest BCUT2D eigenvalue weighted by Crippen LogP contribution is 2.28. The van der Waals surface area contributed by atoms with E-state index in [2.05, 4.69) is 20.0 Å². The van der Waals surface area contributed by atoms with E-state index in [1.165, 1.54) is 0 Å². The number of H-pyrrole nitrogens is 1. The molecule has 0 unspecified atom stereocenters. The second-order valence-electron chi connectivity index (χ2n) is 9.41. The van der Waals surface area contributed by atoms with Gasteiger partial charge in [-0.3, -0.25) is 9.69 Å². The van der Waals surface area contributed by atoms with Crippen LogP contribution in [-0.2, 0) is 25.6 Å². The normalized spacial score (nSPS) is 21.0. The molecule has 2 aliphatic rings. The summed E-state index contributed by atoms with van der Waals surface area (Å²) < 4.78 is 70.0. The lowest BCUT2D eigenvalue weighted by Gasteiger charge is -2.46. The van der Waals surface area contributed by atoms with Crippen molar-refractivity contribution in [3.8, 4) is 0 Å². The van der Waals surface area contributed by atoms with E-state index in [9.17, 15) is 31.5 Å². The standard InChI is InChI=1S/C23H27ClF5N7O4/c24-14-3-1-13(2-4-14)9-16-12-39-17(19(37)36(11-18(25)26)40-20(38)23(27,28)29)10-35(16)15-5-7-34(8-6-15)22-31-21(30)32-33-22/h1-4,15-18H,5-12H2,(H3,30,31,32,33)/t16-,17+/m0/s1. The van der Waals surface area contributed by atoms with Crippen molar-refractivity contribution in [2.75, 3.05) is 43.4 Å². The van der Waals surface area contributed by atoms with Crippen LogP contribution < -0.4 is 10.6 Å². The Hall–Kier alpha value is -3.24. The fourth-order valence-corrected chi connectivity index (χ4v) is 4.92. The Morgan fingerprint density at radius 1 is 1.23 bits per heavy atom. The second kappa shape index (κ2) is 12.5. The van der Waals surface area contributed by atoms with Crippen LogP contribution in [0.2, 0.25) is 5.02 Å². The molecular weight excluding hydrogens is 569 g/mol. The molecule has 2 aromatic rings. The van der Waals surface area contributed by atoms with Gasteiger partial charge in [-0.15, -0.1) is 5.10 Å². The maximum atomic E-state index is 13.1. The van der Waals surface area contributed by atoms with E-state index in [-0.39, 0.29) is 36.2 Å². The lowest BCUT2D eigenvalue weighted by Crippen LogP contribution is -2.60. The van der Waals surface area contributed by atoms with Gasteiger partial charge in [0.15, 0.2) is 6.10 Å². The van der Waals surface area contributed by atoms with Gasteiger partial charge in [0.1, 0.15) is 6.54 Å². The number of amides is 1. The molecule has 2 aliphatic heterocycles. The van der Waals surface area contributed by atoms with Gasteiger partial charge in [-0.2, -0.15) is 23.2 Å². The first-order chi connectivity index (χ1) is 18.9. The molecule has 4 rings (SSSR count). The van der Waals surface area contributed by atoms with Crippen molar-refractivity contribution in [3.05, 3.63) is 34.9 Å². The monoisotopic (exact) mass is 595 g/mol. The number of hydrogen-bond acceptors (Lipinski definition) is 9. The summed E-state index contributed by atoms with van der Waals surface area (Å²) in [5.74, 6) is -3.47. The SMILES string of the molecule is Nc1nc(N2CCC(N3C[C@H](C(=O)N(CC(F)F)OC(=O)C(F)(F)F)OC[C@@H]3Cc3ccc(Cl)cc3)CC2)n[nH]1. The number of piperidine rings is 1. The lowest BCUT2D eigenvalue weighted by atomic mass is 9.96. The second-order valence-corrected chi connectivity index (χ2v) is 9.85. The number of ether oxygens (including phenoxy) is 1. The molecule has 0 radical (unpaired) electrons. The van der Waals surface area contributed by atoms with E-state index in [1.807, 2.05) is 21.9 Å². The van der Waals surface area contributed by atoms with Crippen LogP contribution in [0.1, 0.15) is 18.4 Å². The first-order valence-electron chi connectivity index (χ1n) is 12.3. The first kappa shape index (κ1) is 29.7. The van der Waals surface area contributed by atoms with Crippen molar-refractivity contribution in [1.82, 2.24) is 25.1 Å². The van der Waals surface area contributed by atoms with Crippen LogP contribution in [0.15, 0.2) is 24.3 Å². The van der Waals surface area contributed by atoms with E-state index in [1.54, 1.807) is 12.1 Å². The number of nitrogen functional groups attached to an aromatic ring is 1. The number of anilines is 2. The van der Waals surface area contributed by atoms with Gasteiger partial charge in [0.05, 0.1) is 6.61 Å². The molecule has 3 N–H and O–H groups in total. The summed E-state index contributed by atoms with van der Waals surface area (Å²) in [6.45, 7) is -0.573. The number of benzene rings is 1. The van der Waals surface area contributed by atoms with Crippen molar-refractivity contribution in [3.63, 3.8) is 0 Å². The highest BCUT2D eigenvalue weighted by molar-refractivity contribution is 6.30. The maximum Gasteiger partial charge on any atom is 0.493 e. The number of hydroxylamine groups is 2. The van der Waals surface area contributed by atoms with Crippen LogP contribution >= 0.6 is 11.6 Å². The number of aromatic nitrogens is 3. The van der Waals surface area contributed by atoms with Gasteiger partial charge in [-0.25, -0.2) is 18.7 Å². The average Bonchev–Trinajstić information content (AvgIpc) is 3.35. The number of morpholine rings is 1. The highest BCUT2D eigenvalue weighted by Gasteiger charge is 2.46. The number of aromatic amines is 1. The predicted molar refractivity (Wildman–Crippen MR) is 131 cm³/mol. The summed E-state index contributed by atoms with van der Waals surface area (Å²) in [7, 11) is 0. The Kier molecular flexibility index (Phi) is 9.30. The number of nitrogens with one attached hydrogen (secondary N) is 1. The zero-order valence-corrected chi connectivity index (χ0v) is 21.7. The predicted octanol–water partition coefficient (Wildman–Crippen LogP) is 2.44. The van der Waals surface area contributed by atoms with Crippen molar-refractivity contribution in [2.24, 2.45) is 0 Å². The van der Waals surface area contributed by atoms with Crippen molar-refractivity contribution in [2.45, 2.75) is 50.1 Å². The van der Waals surface area contributed by atoms with E-state index in [0.717, 1.165) is 5.56 Å². The summed E-state index contributed by atoms with van der Waals surface area (Å²) in [5.41, 5.74) is 6.55. The van der Waals surface area contributed by atoms with E-state index in [4.69, 9.17) is 22.1 Å². The van der Waals surface area contributed by atoms with E-state index < -0.39 is 37.1 Å². The van der Waals surface area contributed by atoms with Gasteiger partial charge in [0.25, 0.3) is 12.3 Å². The van der Waals surface area contributed by atoms with Crippen LogP contribution in [0.4, 0.5) is 33.8 Å². The third kappa shape index (κ3) is 7.48. The molecule has 2 saturated heterocycles. The van der Waals surface area contributed by atoms with Gasteiger partial charge in [-0.05, 0) is 37.0 Å². The Morgan fingerprint density at radius 3 is 2.48 bits per heavy atom. The summed E-state index contributed by atoms with van der Waals surface area (Å²) in [4.78, 5) is 36.4.